The maximum Gasteiger partial charge on any atom is 0.416 e. The molecule has 118 valence electrons. The normalized spacial score (nSPS) is 12.8. The van der Waals surface area contributed by atoms with E-state index in [0.29, 0.717) is 17.0 Å². The summed E-state index contributed by atoms with van der Waals surface area (Å²) in [7, 11) is 0. The van der Waals surface area contributed by atoms with Crippen LogP contribution in [0.1, 0.15) is 30.7 Å². The monoisotopic (exact) mass is 312 g/mol. The smallest absolute Gasteiger partial charge is 0.416 e. The first-order valence-corrected chi connectivity index (χ1v) is 6.61. The van der Waals surface area contributed by atoms with Gasteiger partial charge in [0.2, 0.25) is 5.90 Å². The third kappa shape index (κ3) is 3.87. The molecule has 0 amide bonds. The third-order valence-corrected chi connectivity index (χ3v) is 2.75. The van der Waals surface area contributed by atoms with Crippen LogP contribution in [0.2, 0.25) is 0 Å². The van der Waals surface area contributed by atoms with Crippen molar-refractivity contribution in [2.75, 3.05) is 0 Å². The molecular formula is C15H15F3N2O2. The zero-order valence-electron chi connectivity index (χ0n) is 12.3. The highest BCUT2D eigenvalue weighted by Gasteiger charge is 2.30. The molecule has 0 aliphatic carbocycles. The van der Waals surface area contributed by atoms with Gasteiger partial charge >= 0.3 is 6.18 Å². The standard InChI is InChI=1S/C15H15F3N2O2/c1-9(2)21-14(13-8-19-22-10(13)3)20-12-6-4-11(5-7-12)15(16,17)18/h4-9H,1-3H3/b20-14-. The summed E-state index contributed by atoms with van der Waals surface area (Å²) in [5, 5.41) is 3.65. The number of benzene rings is 1. The molecule has 0 spiro atoms. The zero-order chi connectivity index (χ0) is 16.3. The lowest BCUT2D eigenvalue weighted by atomic mass is 10.2. The van der Waals surface area contributed by atoms with Crippen molar-refractivity contribution in [3.63, 3.8) is 0 Å². The highest BCUT2D eigenvalue weighted by molar-refractivity contribution is 5.96. The lowest BCUT2D eigenvalue weighted by Crippen LogP contribution is -2.13. The Balaban J connectivity index is 2.35. The Bertz CT molecular complexity index is 658. The molecule has 0 radical (unpaired) electrons. The topological polar surface area (TPSA) is 47.6 Å². The van der Waals surface area contributed by atoms with E-state index in [-0.39, 0.29) is 12.0 Å². The Morgan fingerprint density at radius 3 is 2.32 bits per heavy atom. The minimum absolute atomic E-state index is 0.150. The minimum Gasteiger partial charge on any atom is -0.474 e. The second kappa shape index (κ2) is 6.21. The molecule has 0 fully saturated rings. The Morgan fingerprint density at radius 2 is 1.86 bits per heavy atom. The lowest BCUT2D eigenvalue weighted by molar-refractivity contribution is -0.137. The molecule has 2 rings (SSSR count). The van der Waals surface area contributed by atoms with E-state index in [9.17, 15) is 13.2 Å². The molecule has 0 atom stereocenters. The Hall–Kier alpha value is -2.31. The van der Waals surface area contributed by atoms with Crippen LogP contribution in [0.3, 0.4) is 0 Å². The fraction of sp³-hybridized carbons (Fsp3) is 0.333. The molecule has 0 unspecified atom stereocenters. The third-order valence-electron chi connectivity index (χ3n) is 2.75. The van der Waals surface area contributed by atoms with Gasteiger partial charge in [0.05, 0.1) is 29.1 Å². The number of alkyl halides is 3. The molecule has 2 aromatic rings. The van der Waals surface area contributed by atoms with Gasteiger partial charge in [-0.15, -0.1) is 0 Å². The Labute approximate surface area is 125 Å². The van der Waals surface area contributed by atoms with Crippen LogP contribution in [0, 0.1) is 6.92 Å². The Kier molecular flexibility index (Phi) is 4.54. The number of hydrogen-bond acceptors (Lipinski definition) is 4. The molecule has 1 aromatic carbocycles. The van der Waals surface area contributed by atoms with Gasteiger partial charge < -0.3 is 9.26 Å². The van der Waals surface area contributed by atoms with Gasteiger partial charge in [0.25, 0.3) is 0 Å². The van der Waals surface area contributed by atoms with E-state index in [1.54, 1.807) is 6.92 Å². The fourth-order valence-corrected chi connectivity index (χ4v) is 1.72. The van der Waals surface area contributed by atoms with E-state index in [4.69, 9.17) is 9.26 Å². The number of rotatable bonds is 3. The van der Waals surface area contributed by atoms with E-state index in [0.717, 1.165) is 12.1 Å². The molecule has 0 saturated heterocycles. The molecule has 0 N–H and O–H groups in total. The van der Waals surface area contributed by atoms with Crippen LogP contribution in [0.5, 0.6) is 0 Å². The lowest BCUT2D eigenvalue weighted by Gasteiger charge is -2.12. The van der Waals surface area contributed by atoms with Crippen molar-refractivity contribution in [3.05, 3.63) is 47.3 Å². The van der Waals surface area contributed by atoms with Crippen molar-refractivity contribution < 1.29 is 22.4 Å². The summed E-state index contributed by atoms with van der Waals surface area (Å²) in [6.45, 7) is 5.35. The van der Waals surface area contributed by atoms with E-state index in [2.05, 4.69) is 10.1 Å². The first-order chi connectivity index (χ1) is 10.3. The molecule has 0 bridgehead atoms. The van der Waals surface area contributed by atoms with E-state index >= 15 is 0 Å². The maximum atomic E-state index is 12.5. The summed E-state index contributed by atoms with van der Waals surface area (Å²) in [6.07, 6.45) is -3.06. The van der Waals surface area contributed by atoms with Gasteiger partial charge in [-0.1, -0.05) is 5.16 Å². The summed E-state index contributed by atoms with van der Waals surface area (Å²) in [5.74, 6) is 0.778. The SMILES string of the molecule is Cc1oncc1/C(=N/c1ccc(C(F)(F)F)cc1)OC(C)C. The van der Waals surface area contributed by atoms with Gasteiger partial charge in [0, 0.05) is 0 Å². The number of aromatic nitrogens is 1. The van der Waals surface area contributed by atoms with Crippen molar-refractivity contribution >= 4 is 11.6 Å². The molecule has 1 aromatic heterocycles. The first kappa shape index (κ1) is 16.1. The van der Waals surface area contributed by atoms with Gasteiger partial charge in [0.15, 0.2) is 0 Å². The Morgan fingerprint density at radius 1 is 1.23 bits per heavy atom. The fourth-order valence-electron chi connectivity index (χ4n) is 1.72. The second-order valence-corrected chi connectivity index (χ2v) is 4.92. The van der Waals surface area contributed by atoms with Crippen LogP contribution < -0.4 is 0 Å². The number of halogens is 3. The summed E-state index contributed by atoms with van der Waals surface area (Å²) in [5.41, 5.74) is 0.191. The number of aryl methyl sites for hydroxylation is 1. The van der Waals surface area contributed by atoms with Gasteiger partial charge in [-0.25, -0.2) is 4.99 Å². The van der Waals surface area contributed by atoms with Gasteiger partial charge in [-0.3, -0.25) is 0 Å². The van der Waals surface area contributed by atoms with E-state index in [1.165, 1.54) is 18.3 Å². The number of aliphatic imine (C=N–C) groups is 1. The molecule has 22 heavy (non-hydrogen) atoms. The van der Waals surface area contributed by atoms with Crippen molar-refractivity contribution in [1.82, 2.24) is 5.16 Å². The highest BCUT2D eigenvalue weighted by atomic mass is 19.4. The summed E-state index contributed by atoms with van der Waals surface area (Å²) in [6, 6.07) is 4.53. The molecule has 4 nitrogen and oxygen atoms in total. The predicted octanol–water partition coefficient (Wildman–Crippen LogP) is 4.51. The van der Waals surface area contributed by atoms with Crippen molar-refractivity contribution in [2.45, 2.75) is 33.1 Å². The largest absolute Gasteiger partial charge is 0.474 e. The minimum atomic E-state index is -4.37. The van der Waals surface area contributed by atoms with Crippen LogP contribution in [0.15, 0.2) is 40.0 Å². The first-order valence-electron chi connectivity index (χ1n) is 6.61. The molecular weight excluding hydrogens is 297 g/mol. The molecule has 0 aliphatic rings. The van der Waals surface area contributed by atoms with E-state index in [1.807, 2.05) is 13.8 Å². The molecule has 0 aliphatic heterocycles. The van der Waals surface area contributed by atoms with Crippen LogP contribution >= 0.6 is 0 Å². The number of hydrogen-bond donors (Lipinski definition) is 0. The van der Waals surface area contributed by atoms with Crippen LogP contribution in [-0.2, 0) is 10.9 Å². The average molecular weight is 312 g/mol. The number of ether oxygens (including phenoxy) is 1. The van der Waals surface area contributed by atoms with Crippen LogP contribution in [-0.4, -0.2) is 17.2 Å². The maximum absolute atomic E-state index is 12.5. The van der Waals surface area contributed by atoms with Gasteiger partial charge in [-0.2, -0.15) is 13.2 Å². The average Bonchev–Trinajstić information content (AvgIpc) is 2.83. The van der Waals surface area contributed by atoms with Gasteiger partial charge in [0.1, 0.15) is 5.76 Å². The zero-order valence-corrected chi connectivity index (χ0v) is 12.3. The van der Waals surface area contributed by atoms with Crippen molar-refractivity contribution in [1.29, 1.82) is 0 Å². The van der Waals surface area contributed by atoms with Crippen molar-refractivity contribution in [2.24, 2.45) is 4.99 Å². The molecule has 0 saturated carbocycles. The predicted molar refractivity (Wildman–Crippen MR) is 75.1 cm³/mol. The number of nitrogens with zero attached hydrogens (tertiary/aromatic N) is 2. The van der Waals surface area contributed by atoms with Crippen molar-refractivity contribution in [3.8, 4) is 0 Å². The molecule has 7 heteroatoms. The molecule has 1 heterocycles. The second-order valence-electron chi connectivity index (χ2n) is 4.92. The quantitative estimate of drug-likeness (QED) is 0.619. The summed E-state index contributed by atoms with van der Waals surface area (Å²) < 4.78 is 48.2. The van der Waals surface area contributed by atoms with E-state index < -0.39 is 11.7 Å². The van der Waals surface area contributed by atoms with Gasteiger partial charge in [-0.05, 0) is 45.0 Å². The summed E-state index contributed by atoms with van der Waals surface area (Å²) >= 11 is 0. The van der Waals surface area contributed by atoms with Crippen LogP contribution in [0.4, 0.5) is 18.9 Å². The summed E-state index contributed by atoms with van der Waals surface area (Å²) in [4.78, 5) is 4.25. The highest BCUT2D eigenvalue weighted by Crippen LogP contribution is 2.30. The van der Waals surface area contributed by atoms with Crippen LogP contribution in [0.25, 0.3) is 0 Å².